The standard InChI is InChI=1S/C14H21NO3S/c1-10(15)14(19-9-8-13(16)18-3)11-6-4-5-7-12(11)17-2/h4-7,10,14H,8-9,15H2,1-3H3. The lowest BCUT2D eigenvalue weighted by Gasteiger charge is -2.22. The minimum Gasteiger partial charge on any atom is -0.496 e. The topological polar surface area (TPSA) is 61.5 Å². The van der Waals surface area contributed by atoms with Gasteiger partial charge in [0, 0.05) is 22.6 Å². The second kappa shape index (κ2) is 8.07. The number of methoxy groups -OCH3 is 2. The van der Waals surface area contributed by atoms with E-state index in [0.717, 1.165) is 11.3 Å². The van der Waals surface area contributed by atoms with E-state index in [4.69, 9.17) is 10.5 Å². The first-order valence-electron chi connectivity index (χ1n) is 6.17. The number of benzene rings is 1. The van der Waals surface area contributed by atoms with Gasteiger partial charge in [0.15, 0.2) is 0 Å². The Balaban J connectivity index is 2.74. The molecule has 0 heterocycles. The molecule has 0 radical (unpaired) electrons. The maximum absolute atomic E-state index is 11.1. The molecule has 1 aromatic carbocycles. The summed E-state index contributed by atoms with van der Waals surface area (Å²) in [6, 6.07) is 7.80. The molecular formula is C14H21NO3S. The molecule has 0 aliphatic heterocycles. The summed E-state index contributed by atoms with van der Waals surface area (Å²) in [6.45, 7) is 1.96. The van der Waals surface area contributed by atoms with Crippen molar-refractivity contribution in [2.24, 2.45) is 5.73 Å². The van der Waals surface area contributed by atoms with Crippen molar-refractivity contribution in [3.63, 3.8) is 0 Å². The normalized spacial score (nSPS) is 13.7. The second-order valence-electron chi connectivity index (χ2n) is 4.22. The van der Waals surface area contributed by atoms with Gasteiger partial charge in [-0.2, -0.15) is 11.8 Å². The highest BCUT2D eigenvalue weighted by Crippen LogP contribution is 2.37. The zero-order chi connectivity index (χ0) is 14.3. The predicted molar refractivity (Wildman–Crippen MR) is 78.5 cm³/mol. The number of carbonyl (C=O) groups excluding carboxylic acids is 1. The number of rotatable bonds is 7. The van der Waals surface area contributed by atoms with E-state index in [1.165, 1.54) is 7.11 Å². The van der Waals surface area contributed by atoms with Crippen LogP contribution in [0.4, 0.5) is 0 Å². The molecule has 0 bridgehead atoms. The molecule has 106 valence electrons. The highest BCUT2D eigenvalue weighted by Gasteiger charge is 2.20. The van der Waals surface area contributed by atoms with Gasteiger partial charge in [-0.15, -0.1) is 0 Å². The van der Waals surface area contributed by atoms with Crippen LogP contribution in [0.25, 0.3) is 0 Å². The van der Waals surface area contributed by atoms with E-state index in [1.807, 2.05) is 31.2 Å². The molecule has 0 fully saturated rings. The van der Waals surface area contributed by atoms with Crippen molar-refractivity contribution < 1.29 is 14.3 Å². The van der Waals surface area contributed by atoms with Crippen LogP contribution in [-0.2, 0) is 9.53 Å². The van der Waals surface area contributed by atoms with Gasteiger partial charge in [-0.3, -0.25) is 4.79 Å². The molecule has 0 aliphatic rings. The third kappa shape index (κ3) is 4.76. The average Bonchev–Trinajstić information content (AvgIpc) is 2.42. The molecule has 1 rings (SSSR count). The number of para-hydroxylation sites is 1. The van der Waals surface area contributed by atoms with E-state index < -0.39 is 0 Å². The van der Waals surface area contributed by atoms with Crippen molar-refractivity contribution in [1.29, 1.82) is 0 Å². The number of carbonyl (C=O) groups is 1. The van der Waals surface area contributed by atoms with Gasteiger partial charge in [-0.1, -0.05) is 18.2 Å². The highest BCUT2D eigenvalue weighted by atomic mass is 32.2. The van der Waals surface area contributed by atoms with Gasteiger partial charge in [-0.05, 0) is 13.0 Å². The summed E-state index contributed by atoms with van der Waals surface area (Å²) in [5.41, 5.74) is 7.11. The van der Waals surface area contributed by atoms with Crippen molar-refractivity contribution in [1.82, 2.24) is 0 Å². The minimum atomic E-state index is -0.198. The van der Waals surface area contributed by atoms with Gasteiger partial charge in [0.05, 0.1) is 20.6 Å². The summed E-state index contributed by atoms with van der Waals surface area (Å²) in [5, 5.41) is 0.0980. The van der Waals surface area contributed by atoms with Crippen LogP contribution < -0.4 is 10.5 Å². The fourth-order valence-electron chi connectivity index (χ4n) is 1.80. The third-order valence-electron chi connectivity index (χ3n) is 2.75. The van der Waals surface area contributed by atoms with Crippen LogP contribution in [0, 0.1) is 0 Å². The van der Waals surface area contributed by atoms with Crippen LogP contribution in [0.2, 0.25) is 0 Å². The summed E-state index contributed by atoms with van der Waals surface area (Å²) in [5.74, 6) is 1.31. The molecule has 5 heteroatoms. The Bertz CT molecular complexity index is 409. The largest absolute Gasteiger partial charge is 0.496 e. The number of hydrogen-bond donors (Lipinski definition) is 1. The molecule has 0 saturated heterocycles. The lowest BCUT2D eigenvalue weighted by molar-refractivity contribution is -0.140. The average molecular weight is 283 g/mol. The predicted octanol–water partition coefficient (Wildman–Crippen LogP) is 2.38. The number of esters is 1. The van der Waals surface area contributed by atoms with E-state index >= 15 is 0 Å². The van der Waals surface area contributed by atoms with E-state index in [-0.39, 0.29) is 17.3 Å². The molecule has 0 saturated carbocycles. The molecule has 2 N–H and O–H groups in total. The van der Waals surface area contributed by atoms with Crippen LogP contribution in [0.3, 0.4) is 0 Å². The summed E-state index contributed by atoms with van der Waals surface area (Å²) in [4.78, 5) is 11.1. The Morgan fingerprint density at radius 2 is 2.05 bits per heavy atom. The Morgan fingerprint density at radius 3 is 2.63 bits per heavy atom. The van der Waals surface area contributed by atoms with Crippen molar-refractivity contribution in [3.8, 4) is 5.75 Å². The van der Waals surface area contributed by atoms with Crippen molar-refractivity contribution in [3.05, 3.63) is 29.8 Å². The number of thioether (sulfide) groups is 1. The van der Waals surface area contributed by atoms with Gasteiger partial charge >= 0.3 is 5.97 Å². The van der Waals surface area contributed by atoms with E-state index in [2.05, 4.69) is 4.74 Å². The summed E-state index contributed by atoms with van der Waals surface area (Å²) in [7, 11) is 3.05. The summed E-state index contributed by atoms with van der Waals surface area (Å²) >= 11 is 1.65. The first-order chi connectivity index (χ1) is 9.10. The number of ether oxygens (including phenoxy) is 2. The quantitative estimate of drug-likeness (QED) is 0.778. The molecule has 1 aromatic rings. The first kappa shape index (κ1) is 15.9. The lowest BCUT2D eigenvalue weighted by atomic mass is 10.1. The molecule has 19 heavy (non-hydrogen) atoms. The molecule has 0 spiro atoms. The van der Waals surface area contributed by atoms with Gasteiger partial charge in [-0.25, -0.2) is 0 Å². The Labute approximate surface area is 118 Å². The van der Waals surface area contributed by atoms with Crippen LogP contribution in [0.15, 0.2) is 24.3 Å². The van der Waals surface area contributed by atoms with E-state index in [1.54, 1.807) is 18.9 Å². The van der Waals surface area contributed by atoms with Gasteiger partial charge in [0.1, 0.15) is 5.75 Å². The SMILES string of the molecule is COC(=O)CCSC(c1ccccc1OC)C(C)N. The molecule has 4 nitrogen and oxygen atoms in total. The van der Waals surface area contributed by atoms with Crippen molar-refractivity contribution in [2.75, 3.05) is 20.0 Å². The molecule has 0 aromatic heterocycles. The van der Waals surface area contributed by atoms with Crippen LogP contribution in [-0.4, -0.2) is 32.0 Å². The van der Waals surface area contributed by atoms with Crippen molar-refractivity contribution in [2.45, 2.75) is 24.6 Å². The molecule has 0 amide bonds. The Kier molecular flexibility index (Phi) is 6.73. The zero-order valence-corrected chi connectivity index (χ0v) is 12.4. The minimum absolute atomic E-state index is 0.0288. The Hall–Kier alpha value is -1.20. The van der Waals surface area contributed by atoms with E-state index in [0.29, 0.717) is 12.2 Å². The fourth-order valence-corrected chi connectivity index (χ4v) is 3.01. The Morgan fingerprint density at radius 1 is 1.37 bits per heavy atom. The van der Waals surface area contributed by atoms with Gasteiger partial charge in [0.25, 0.3) is 0 Å². The summed E-state index contributed by atoms with van der Waals surface area (Å²) in [6.07, 6.45) is 0.388. The summed E-state index contributed by atoms with van der Waals surface area (Å²) < 4.78 is 10.00. The monoisotopic (exact) mass is 283 g/mol. The second-order valence-corrected chi connectivity index (χ2v) is 5.47. The zero-order valence-electron chi connectivity index (χ0n) is 11.6. The smallest absolute Gasteiger partial charge is 0.306 e. The van der Waals surface area contributed by atoms with Gasteiger partial charge < -0.3 is 15.2 Å². The number of hydrogen-bond acceptors (Lipinski definition) is 5. The molecular weight excluding hydrogens is 262 g/mol. The van der Waals surface area contributed by atoms with Crippen LogP contribution in [0.1, 0.15) is 24.2 Å². The maximum atomic E-state index is 11.1. The lowest BCUT2D eigenvalue weighted by Crippen LogP contribution is -2.23. The molecule has 2 atom stereocenters. The fraction of sp³-hybridized carbons (Fsp3) is 0.500. The van der Waals surface area contributed by atoms with Crippen LogP contribution in [0.5, 0.6) is 5.75 Å². The molecule has 2 unspecified atom stereocenters. The molecule has 0 aliphatic carbocycles. The third-order valence-corrected chi connectivity index (χ3v) is 4.24. The highest BCUT2D eigenvalue weighted by molar-refractivity contribution is 7.99. The number of nitrogens with two attached hydrogens (primary N) is 1. The maximum Gasteiger partial charge on any atom is 0.306 e. The first-order valence-corrected chi connectivity index (χ1v) is 7.22. The van der Waals surface area contributed by atoms with E-state index in [9.17, 15) is 4.79 Å². The van der Waals surface area contributed by atoms with Gasteiger partial charge in [0.2, 0.25) is 0 Å². The van der Waals surface area contributed by atoms with Crippen LogP contribution >= 0.6 is 11.8 Å². The van der Waals surface area contributed by atoms with Crippen molar-refractivity contribution >= 4 is 17.7 Å².